The van der Waals surface area contributed by atoms with E-state index in [0.717, 1.165) is 0 Å². The number of nitro groups is 1. The molecule has 0 N–H and O–H groups in total. The fourth-order valence-corrected chi connectivity index (χ4v) is 1.94. The molecule has 0 heterocycles. The van der Waals surface area contributed by atoms with E-state index in [1.807, 2.05) is 0 Å². The molecule has 24 heteroatoms. The zero-order chi connectivity index (χ0) is 24.3. The second kappa shape index (κ2) is 11.9. The molecule has 0 radical (unpaired) electrons. The first-order valence-electron chi connectivity index (χ1n) is 7.12. The van der Waals surface area contributed by atoms with Crippen LogP contribution in [0.5, 0.6) is 0 Å². The quantitative estimate of drug-likeness (QED) is 0.160. The van der Waals surface area contributed by atoms with E-state index in [9.17, 15) is 60.7 Å². The van der Waals surface area contributed by atoms with E-state index in [-0.39, 0.29) is 5.01 Å². The number of likely N-dealkylation sites (N-methyl/N-ethyl adjacent to an activating group) is 1. The molecule has 4 atom stereocenters. The van der Waals surface area contributed by atoms with E-state index >= 15 is 0 Å². The number of rotatable bonds is 17. The Morgan fingerprint density at radius 1 is 0.645 bits per heavy atom. The molecular weight excluding hydrogens is 454 g/mol. The van der Waals surface area contributed by atoms with Crippen LogP contribution in [0.4, 0.5) is 0 Å². The molecule has 0 unspecified atom stereocenters. The van der Waals surface area contributed by atoms with Crippen LogP contribution >= 0.6 is 0 Å². The van der Waals surface area contributed by atoms with E-state index < -0.39 is 68.0 Å². The molecule has 0 amide bonds. The van der Waals surface area contributed by atoms with Gasteiger partial charge in [0, 0.05) is 0 Å². The highest BCUT2D eigenvalue weighted by molar-refractivity contribution is 4.84. The van der Waals surface area contributed by atoms with Crippen molar-refractivity contribution in [3.05, 3.63) is 60.7 Å². The van der Waals surface area contributed by atoms with Crippen molar-refractivity contribution in [2.45, 2.75) is 24.4 Å². The Labute approximate surface area is 166 Å². The van der Waals surface area contributed by atoms with Gasteiger partial charge in [0.15, 0.2) is 29.4 Å². The Morgan fingerprint density at radius 3 is 1.39 bits per heavy atom. The van der Waals surface area contributed by atoms with Gasteiger partial charge in [0.1, 0.15) is 13.2 Å². The van der Waals surface area contributed by atoms with Crippen molar-refractivity contribution in [1.29, 1.82) is 0 Å². The Morgan fingerprint density at radius 2 is 1.03 bits per heavy atom. The van der Waals surface area contributed by atoms with Crippen molar-refractivity contribution in [2.24, 2.45) is 0 Å². The maximum Gasteiger partial charge on any atom is 0.294 e. The standard InChI is InChI=1S/C7H11N7O17/c1-8(9(15)16)2-4(28-11(19)20)6(30-13(23)24)7(31-14(25)26)5(29-12(21)22)3-27-10(17)18/h4-7H,2-3H2,1H3/t4-,5+,6+,7+/m0/s1. The normalized spacial score (nSPS) is 14.0. The van der Waals surface area contributed by atoms with E-state index in [0.29, 0.717) is 7.05 Å². The van der Waals surface area contributed by atoms with Crippen LogP contribution in [0, 0.1) is 60.7 Å². The summed E-state index contributed by atoms with van der Waals surface area (Å²) >= 11 is 0. The zero-order valence-corrected chi connectivity index (χ0v) is 14.8. The molecule has 0 fully saturated rings. The second-order valence-electron chi connectivity index (χ2n) is 4.92. The fraction of sp³-hybridized carbons (Fsp3) is 1.00. The summed E-state index contributed by atoms with van der Waals surface area (Å²) in [5.41, 5.74) is 0. The van der Waals surface area contributed by atoms with Crippen LogP contribution in [0.15, 0.2) is 0 Å². The van der Waals surface area contributed by atoms with E-state index in [2.05, 4.69) is 24.2 Å². The van der Waals surface area contributed by atoms with Crippen molar-refractivity contribution >= 4 is 0 Å². The van der Waals surface area contributed by atoms with Gasteiger partial charge in [0.25, 0.3) is 25.4 Å². The second-order valence-corrected chi connectivity index (χ2v) is 4.92. The first kappa shape index (κ1) is 26.2. The molecule has 0 aliphatic heterocycles. The highest BCUT2D eigenvalue weighted by Gasteiger charge is 2.46. The molecule has 0 aromatic heterocycles. The van der Waals surface area contributed by atoms with Crippen LogP contribution < -0.4 is 0 Å². The molecule has 0 saturated carbocycles. The van der Waals surface area contributed by atoms with Crippen molar-refractivity contribution in [1.82, 2.24) is 5.01 Å². The predicted octanol–water partition coefficient (Wildman–Crippen LogP) is -2.37. The Hall–Kier alpha value is -4.80. The maximum absolute atomic E-state index is 10.8. The smallest absolute Gasteiger partial charge is 0.294 e. The summed E-state index contributed by atoms with van der Waals surface area (Å²) in [5.74, 6) is 0. The van der Waals surface area contributed by atoms with Gasteiger partial charge in [-0.3, -0.25) is 0 Å². The van der Waals surface area contributed by atoms with Crippen LogP contribution in [-0.4, -0.2) is 80.1 Å². The summed E-state index contributed by atoms with van der Waals surface area (Å²) in [5, 5.41) is 54.7. The molecule has 0 saturated heterocycles. The first-order valence-corrected chi connectivity index (χ1v) is 7.12. The molecule has 0 spiro atoms. The molecule has 0 bridgehead atoms. The van der Waals surface area contributed by atoms with Gasteiger partial charge in [-0.15, -0.1) is 55.6 Å². The van der Waals surface area contributed by atoms with Crippen LogP contribution in [0.25, 0.3) is 0 Å². The topological polar surface area (TPSA) is 308 Å². The van der Waals surface area contributed by atoms with E-state index in [1.165, 1.54) is 0 Å². The number of hydrazine groups is 1. The summed E-state index contributed by atoms with van der Waals surface area (Å²) in [6.07, 6.45) is -10.5. The Kier molecular flexibility index (Phi) is 10.1. The average Bonchev–Trinajstić information content (AvgIpc) is 2.59. The molecule has 0 aliphatic rings. The van der Waals surface area contributed by atoms with Gasteiger partial charge >= 0.3 is 0 Å². The summed E-state index contributed by atoms with van der Waals surface area (Å²) in [4.78, 5) is 83.7. The minimum Gasteiger partial charge on any atom is -0.311 e. The lowest BCUT2D eigenvalue weighted by molar-refractivity contribution is -0.832. The lowest BCUT2D eigenvalue weighted by atomic mass is 10.0. The third-order valence-corrected chi connectivity index (χ3v) is 2.98. The summed E-state index contributed by atoms with van der Waals surface area (Å²) in [6, 6.07) is 0. The minimum atomic E-state index is -2.74. The summed E-state index contributed by atoms with van der Waals surface area (Å²) in [6.45, 7) is -2.76. The van der Waals surface area contributed by atoms with Gasteiger partial charge in [-0.1, -0.05) is 0 Å². The maximum atomic E-state index is 10.8. The highest BCUT2D eigenvalue weighted by atomic mass is 17.0. The highest BCUT2D eigenvalue weighted by Crippen LogP contribution is 2.20. The van der Waals surface area contributed by atoms with Crippen molar-refractivity contribution in [3.63, 3.8) is 0 Å². The number of hydrogen-bond acceptors (Lipinski definition) is 17. The third kappa shape index (κ3) is 10.4. The molecule has 0 rings (SSSR count). The number of nitrogens with zero attached hydrogens (tertiary/aromatic N) is 7. The minimum absolute atomic E-state index is 0.0740. The number of hydrogen-bond donors (Lipinski definition) is 0. The Bertz CT molecular complexity index is 700. The van der Waals surface area contributed by atoms with Crippen LogP contribution in [-0.2, 0) is 24.2 Å². The molecule has 0 aliphatic carbocycles. The summed E-state index contributed by atoms with van der Waals surface area (Å²) in [7, 11) is 0.698. The van der Waals surface area contributed by atoms with E-state index in [1.54, 1.807) is 0 Å². The molecule has 0 aromatic carbocycles. The van der Waals surface area contributed by atoms with E-state index in [4.69, 9.17) is 0 Å². The lowest BCUT2D eigenvalue weighted by Gasteiger charge is -2.32. The van der Waals surface area contributed by atoms with Crippen molar-refractivity contribution in [2.75, 3.05) is 20.2 Å². The third-order valence-electron chi connectivity index (χ3n) is 2.98. The van der Waals surface area contributed by atoms with Gasteiger partial charge in [0.2, 0.25) is 0 Å². The van der Waals surface area contributed by atoms with Gasteiger partial charge in [-0.2, -0.15) is 0 Å². The summed E-state index contributed by atoms with van der Waals surface area (Å²) < 4.78 is 0. The zero-order valence-electron chi connectivity index (χ0n) is 14.8. The molecule has 24 nitrogen and oxygen atoms in total. The van der Waals surface area contributed by atoms with Crippen LogP contribution in [0.3, 0.4) is 0 Å². The van der Waals surface area contributed by atoms with Gasteiger partial charge in [-0.25, -0.2) is 10.1 Å². The molecule has 0 aromatic rings. The molecular formula is C7H11N7O17. The van der Waals surface area contributed by atoms with Crippen LogP contribution in [0.2, 0.25) is 0 Å². The SMILES string of the molecule is CN(C[C@H](O[N+](=O)[O-])[C@@H](O[N+](=O)[O-])[C@H](O[N+](=O)[O-])[C@@H](CO[N+](=O)[O-])O[N+](=O)[O-])[N+](=O)[O-]. The largest absolute Gasteiger partial charge is 0.311 e. The lowest BCUT2D eigenvalue weighted by Crippen LogP contribution is -2.56. The Balaban J connectivity index is 6.33. The van der Waals surface area contributed by atoms with Crippen molar-refractivity contribution in [3.8, 4) is 0 Å². The van der Waals surface area contributed by atoms with Gasteiger partial charge in [0.05, 0.1) is 7.05 Å². The van der Waals surface area contributed by atoms with Gasteiger partial charge in [-0.05, 0) is 0 Å². The van der Waals surface area contributed by atoms with Gasteiger partial charge < -0.3 is 24.2 Å². The average molecular weight is 465 g/mol. The first-order chi connectivity index (χ1) is 14.2. The fourth-order valence-electron chi connectivity index (χ4n) is 1.94. The molecule has 176 valence electrons. The van der Waals surface area contributed by atoms with Crippen molar-refractivity contribution < 1.29 is 54.7 Å². The predicted molar refractivity (Wildman–Crippen MR) is 80.0 cm³/mol. The monoisotopic (exact) mass is 465 g/mol. The van der Waals surface area contributed by atoms with Crippen LogP contribution in [0.1, 0.15) is 0 Å². The molecule has 31 heavy (non-hydrogen) atoms.